The molecule has 1 aromatic carbocycles. The van der Waals surface area contributed by atoms with Crippen LogP contribution in [0.3, 0.4) is 0 Å². The van der Waals surface area contributed by atoms with E-state index in [4.69, 9.17) is 4.74 Å². The number of fused-ring (bicyclic) bond motifs is 2. The largest absolute Gasteiger partial charge is 0.487 e. The minimum Gasteiger partial charge on any atom is -0.487 e. The number of carbonyl (C=O) groups is 1. The number of likely N-dealkylation sites (tertiary alicyclic amines) is 1. The van der Waals surface area contributed by atoms with Crippen molar-refractivity contribution in [2.24, 2.45) is 0 Å². The maximum absolute atomic E-state index is 13.6. The molecule has 0 aliphatic carbocycles. The van der Waals surface area contributed by atoms with Crippen LogP contribution in [-0.4, -0.2) is 60.9 Å². The van der Waals surface area contributed by atoms with Crippen LogP contribution < -0.4 is 10.1 Å². The Morgan fingerprint density at radius 3 is 2.76 bits per heavy atom. The van der Waals surface area contributed by atoms with Gasteiger partial charge in [0.05, 0.1) is 6.04 Å². The number of amides is 2. The lowest BCUT2D eigenvalue weighted by atomic mass is 10.1. The first-order valence-electron chi connectivity index (χ1n) is 9.64. The first-order chi connectivity index (χ1) is 14.0. The highest BCUT2D eigenvalue weighted by Crippen LogP contribution is 2.37. The summed E-state index contributed by atoms with van der Waals surface area (Å²) in [4.78, 5) is 18.1. The Morgan fingerprint density at radius 2 is 2.00 bits per heavy atom. The molecule has 0 radical (unpaired) electrons. The van der Waals surface area contributed by atoms with Crippen molar-refractivity contribution in [1.29, 1.82) is 0 Å². The number of para-hydroxylation sites is 1. The van der Waals surface area contributed by atoms with E-state index in [1.165, 1.54) is 4.31 Å². The van der Waals surface area contributed by atoms with Gasteiger partial charge in [0.2, 0.25) is 10.0 Å². The molecule has 2 aliphatic heterocycles. The maximum Gasteiger partial charge on any atom is 0.317 e. The highest BCUT2D eigenvalue weighted by Gasteiger charge is 2.43. The average molecular weight is 417 g/mol. The molecule has 0 saturated carbocycles. The maximum atomic E-state index is 13.6. The Labute approximate surface area is 170 Å². The van der Waals surface area contributed by atoms with Crippen LogP contribution in [0.25, 0.3) is 0 Å². The molecule has 2 aromatic rings. The number of ether oxygens (including phenoxy) is 1. The fraction of sp³-hybridized carbons (Fsp3) is 0.400. The number of nitrogens with one attached hydrogen (secondary N) is 1. The molecule has 1 aromatic heterocycles. The summed E-state index contributed by atoms with van der Waals surface area (Å²) >= 11 is 0. The lowest BCUT2D eigenvalue weighted by Crippen LogP contribution is -2.46. The summed E-state index contributed by atoms with van der Waals surface area (Å²) in [5.74, 6) is 0.365. The molecule has 1 N–H and O–H groups in total. The topological polar surface area (TPSA) is 91.8 Å². The predicted octanol–water partition coefficient (Wildman–Crippen LogP) is 1.84. The van der Waals surface area contributed by atoms with Gasteiger partial charge in [0.15, 0.2) is 0 Å². The van der Waals surface area contributed by atoms with Crippen LogP contribution in [0, 0.1) is 0 Å². The molecule has 8 nitrogen and oxygen atoms in total. The number of hydrogen-bond acceptors (Lipinski definition) is 5. The molecule has 0 bridgehead atoms. The highest BCUT2D eigenvalue weighted by molar-refractivity contribution is 7.89. The number of rotatable bonds is 2. The van der Waals surface area contributed by atoms with E-state index in [2.05, 4.69) is 10.3 Å². The van der Waals surface area contributed by atoms with E-state index in [9.17, 15) is 13.2 Å². The molecule has 4 rings (SSSR count). The average Bonchev–Trinajstić information content (AvgIpc) is 2.98. The van der Waals surface area contributed by atoms with Crippen LogP contribution >= 0.6 is 0 Å². The van der Waals surface area contributed by atoms with Crippen LogP contribution in [0.1, 0.15) is 18.4 Å². The predicted molar refractivity (Wildman–Crippen MR) is 107 cm³/mol. The Hall–Kier alpha value is -2.65. The van der Waals surface area contributed by atoms with Crippen molar-refractivity contribution >= 4 is 16.1 Å². The second kappa shape index (κ2) is 8.00. The van der Waals surface area contributed by atoms with Gasteiger partial charge in [0, 0.05) is 45.5 Å². The van der Waals surface area contributed by atoms with Crippen molar-refractivity contribution in [2.75, 3.05) is 20.1 Å². The minimum atomic E-state index is -3.79. The van der Waals surface area contributed by atoms with E-state index in [1.807, 2.05) is 6.07 Å². The fourth-order valence-electron chi connectivity index (χ4n) is 3.99. The SMILES string of the molecule is CNC(=O)N1CC[C@@H]2[C@@H](CC1)Oc1ccccc1S(=O)(=O)N2Cc1cccnc1. The van der Waals surface area contributed by atoms with E-state index >= 15 is 0 Å². The van der Waals surface area contributed by atoms with Crippen molar-refractivity contribution in [2.45, 2.75) is 36.4 Å². The van der Waals surface area contributed by atoms with Gasteiger partial charge in [-0.3, -0.25) is 4.98 Å². The van der Waals surface area contributed by atoms with Gasteiger partial charge in [0.25, 0.3) is 0 Å². The first kappa shape index (κ1) is 19.7. The number of aromatic nitrogens is 1. The van der Waals surface area contributed by atoms with Crippen LogP contribution in [0.15, 0.2) is 53.7 Å². The zero-order valence-corrected chi connectivity index (χ0v) is 17.0. The minimum absolute atomic E-state index is 0.163. The smallest absolute Gasteiger partial charge is 0.317 e. The van der Waals surface area contributed by atoms with Gasteiger partial charge in [-0.1, -0.05) is 18.2 Å². The number of carbonyl (C=O) groups excluding carboxylic acids is 1. The van der Waals surface area contributed by atoms with E-state index in [1.54, 1.807) is 54.7 Å². The van der Waals surface area contributed by atoms with E-state index in [0.29, 0.717) is 31.7 Å². The normalized spacial score (nSPS) is 23.7. The fourth-order valence-corrected chi connectivity index (χ4v) is 5.78. The Bertz CT molecular complexity index is 983. The number of hydrogen-bond donors (Lipinski definition) is 1. The van der Waals surface area contributed by atoms with Crippen molar-refractivity contribution in [3.63, 3.8) is 0 Å². The molecule has 29 heavy (non-hydrogen) atoms. The van der Waals surface area contributed by atoms with Crippen molar-refractivity contribution in [3.05, 3.63) is 54.4 Å². The lowest BCUT2D eigenvalue weighted by Gasteiger charge is -2.31. The third kappa shape index (κ3) is 3.79. The van der Waals surface area contributed by atoms with Gasteiger partial charge in [0.1, 0.15) is 16.7 Å². The Balaban J connectivity index is 1.75. The third-order valence-corrected chi connectivity index (χ3v) is 7.36. The van der Waals surface area contributed by atoms with Gasteiger partial charge in [-0.15, -0.1) is 0 Å². The summed E-state index contributed by atoms with van der Waals surface area (Å²) in [5.41, 5.74) is 0.807. The molecule has 2 atom stereocenters. The van der Waals surface area contributed by atoms with E-state index < -0.39 is 10.0 Å². The molecular weight excluding hydrogens is 392 g/mol. The van der Waals surface area contributed by atoms with Gasteiger partial charge >= 0.3 is 6.03 Å². The number of urea groups is 1. The van der Waals surface area contributed by atoms with Gasteiger partial charge < -0.3 is 15.0 Å². The molecule has 154 valence electrons. The molecule has 0 spiro atoms. The monoisotopic (exact) mass is 416 g/mol. The summed E-state index contributed by atoms with van der Waals surface area (Å²) < 4.78 is 34.9. The number of benzene rings is 1. The number of pyridine rings is 1. The molecule has 1 saturated heterocycles. The van der Waals surface area contributed by atoms with Gasteiger partial charge in [-0.2, -0.15) is 4.31 Å². The zero-order chi connectivity index (χ0) is 20.4. The second-order valence-corrected chi connectivity index (χ2v) is 9.06. The Kier molecular flexibility index (Phi) is 5.42. The van der Waals surface area contributed by atoms with Crippen molar-refractivity contribution in [1.82, 2.24) is 19.5 Å². The third-order valence-electron chi connectivity index (χ3n) is 5.45. The lowest BCUT2D eigenvalue weighted by molar-refractivity contribution is 0.110. The zero-order valence-electron chi connectivity index (χ0n) is 16.2. The highest BCUT2D eigenvalue weighted by atomic mass is 32.2. The van der Waals surface area contributed by atoms with Crippen molar-refractivity contribution < 1.29 is 17.9 Å². The number of nitrogens with zero attached hydrogens (tertiary/aromatic N) is 3. The van der Waals surface area contributed by atoms with E-state index in [0.717, 1.165) is 5.56 Å². The van der Waals surface area contributed by atoms with Crippen LogP contribution in [0.5, 0.6) is 5.75 Å². The Morgan fingerprint density at radius 1 is 1.21 bits per heavy atom. The molecule has 2 aliphatic rings. The molecule has 9 heteroatoms. The standard InChI is InChI=1S/C20H24N4O4S/c1-21-20(25)23-11-8-16-17(9-12-23)28-18-6-2-3-7-19(18)29(26,27)24(16)14-15-5-4-10-22-13-15/h2-7,10,13,16-17H,8-9,11-12,14H2,1H3,(H,21,25)/t16-,17-/m1/s1. The van der Waals surface area contributed by atoms with Crippen molar-refractivity contribution in [3.8, 4) is 5.75 Å². The summed E-state index contributed by atoms with van der Waals surface area (Å²) in [6, 6.07) is 9.86. The van der Waals surface area contributed by atoms with Gasteiger partial charge in [-0.05, 0) is 30.2 Å². The molecule has 1 fully saturated rings. The molecule has 0 unspecified atom stereocenters. The molecular formula is C20H24N4O4S. The summed E-state index contributed by atoms with van der Waals surface area (Å²) in [7, 11) is -2.19. The van der Waals surface area contributed by atoms with Crippen LogP contribution in [-0.2, 0) is 16.6 Å². The summed E-state index contributed by atoms with van der Waals surface area (Å²) in [6.07, 6.45) is 4.03. The van der Waals surface area contributed by atoms with Gasteiger partial charge in [-0.25, -0.2) is 13.2 Å². The van der Waals surface area contributed by atoms with Crippen LogP contribution in [0.4, 0.5) is 4.79 Å². The first-order valence-corrected chi connectivity index (χ1v) is 11.1. The quantitative estimate of drug-likeness (QED) is 0.807. The number of sulfonamides is 1. The molecule has 3 heterocycles. The second-order valence-electron chi connectivity index (χ2n) is 7.20. The summed E-state index contributed by atoms with van der Waals surface area (Å²) in [5, 5.41) is 2.65. The van der Waals surface area contributed by atoms with Crippen LogP contribution in [0.2, 0.25) is 0 Å². The van der Waals surface area contributed by atoms with E-state index in [-0.39, 0.29) is 29.6 Å². The molecule has 2 amide bonds. The summed E-state index contributed by atoms with van der Waals surface area (Å²) in [6.45, 7) is 1.17.